The molecule has 0 unspecified atom stereocenters. The Hall–Kier alpha value is -0.760. The van der Waals surface area contributed by atoms with Crippen molar-refractivity contribution < 1.29 is 0 Å². The summed E-state index contributed by atoms with van der Waals surface area (Å²) in [5.41, 5.74) is 6.99. The zero-order valence-electron chi connectivity index (χ0n) is 6.52. The summed E-state index contributed by atoms with van der Waals surface area (Å²) in [6, 6.07) is 2.05. The molecule has 0 saturated carbocycles. The fraction of sp³-hybridized carbons (Fsp3) is 0.500. The molecular weight excluding hydrogens is 124 g/mol. The van der Waals surface area contributed by atoms with Gasteiger partial charge in [0.25, 0.3) is 0 Å². The third-order valence-electron chi connectivity index (χ3n) is 1.32. The van der Waals surface area contributed by atoms with E-state index in [1.807, 2.05) is 26.2 Å². The third kappa shape index (κ3) is 2.23. The zero-order valence-corrected chi connectivity index (χ0v) is 6.52. The van der Waals surface area contributed by atoms with Gasteiger partial charge in [-0.3, -0.25) is 0 Å². The molecule has 0 fully saturated rings. The summed E-state index contributed by atoms with van der Waals surface area (Å²) >= 11 is 0. The van der Waals surface area contributed by atoms with Gasteiger partial charge in [0.15, 0.2) is 0 Å². The summed E-state index contributed by atoms with van der Waals surface area (Å²) in [5.74, 6) is 0. The van der Waals surface area contributed by atoms with Crippen molar-refractivity contribution in [3.8, 4) is 0 Å². The highest BCUT2D eigenvalue weighted by molar-refractivity contribution is 5.11. The van der Waals surface area contributed by atoms with Gasteiger partial charge in [-0.05, 0) is 31.9 Å². The summed E-state index contributed by atoms with van der Waals surface area (Å²) in [7, 11) is 0. The Balaban J connectivity index is 2.57. The molecule has 0 aliphatic carbocycles. The van der Waals surface area contributed by atoms with Crippen molar-refractivity contribution in [2.45, 2.75) is 25.8 Å². The van der Waals surface area contributed by atoms with E-state index in [0.717, 1.165) is 6.42 Å². The van der Waals surface area contributed by atoms with Gasteiger partial charge in [-0.2, -0.15) is 0 Å². The molecule has 3 N–H and O–H groups in total. The van der Waals surface area contributed by atoms with E-state index in [1.165, 1.54) is 5.56 Å². The summed E-state index contributed by atoms with van der Waals surface area (Å²) in [6.07, 6.45) is 4.83. The third-order valence-corrected chi connectivity index (χ3v) is 1.32. The minimum Gasteiger partial charge on any atom is -0.367 e. The second-order valence-electron chi connectivity index (χ2n) is 3.38. The highest BCUT2D eigenvalue weighted by Gasteiger charge is 2.10. The van der Waals surface area contributed by atoms with Crippen molar-refractivity contribution in [1.29, 1.82) is 0 Å². The molecule has 1 aromatic rings. The van der Waals surface area contributed by atoms with E-state index in [1.54, 1.807) is 0 Å². The molecule has 0 aliphatic heterocycles. The molecule has 1 rings (SSSR count). The lowest BCUT2D eigenvalue weighted by atomic mass is 9.98. The van der Waals surface area contributed by atoms with E-state index in [2.05, 4.69) is 11.1 Å². The van der Waals surface area contributed by atoms with E-state index < -0.39 is 0 Å². The first-order valence-corrected chi connectivity index (χ1v) is 3.48. The lowest BCUT2D eigenvalue weighted by Gasteiger charge is -2.16. The van der Waals surface area contributed by atoms with Crippen LogP contribution in [0.3, 0.4) is 0 Å². The van der Waals surface area contributed by atoms with Crippen molar-refractivity contribution >= 4 is 0 Å². The lowest BCUT2D eigenvalue weighted by molar-refractivity contribution is 0.517. The zero-order chi connectivity index (χ0) is 7.61. The number of rotatable bonds is 2. The molecule has 1 aromatic heterocycles. The van der Waals surface area contributed by atoms with Crippen LogP contribution in [-0.4, -0.2) is 10.5 Å². The Morgan fingerprint density at radius 1 is 1.60 bits per heavy atom. The highest BCUT2D eigenvalue weighted by Crippen LogP contribution is 2.07. The fourth-order valence-electron chi connectivity index (χ4n) is 0.994. The summed E-state index contributed by atoms with van der Waals surface area (Å²) in [4.78, 5) is 3.00. The van der Waals surface area contributed by atoms with Crippen LogP contribution in [0.2, 0.25) is 0 Å². The van der Waals surface area contributed by atoms with E-state index in [9.17, 15) is 0 Å². The van der Waals surface area contributed by atoms with Crippen LogP contribution in [0.5, 0.6) is 0 Å². The number of aromatic amines is 1. The minimum atomic E-state index is -0.0950. The summed E-state index contributed by atoms with van der Waals surface area (Å²) in [6.45, 7) is 4.06. The molecule has 0 aromatic carbocycles. The first-order valence-electron chi connectivity index (χ1n) is 3.48. The SMILES string of the molecule is CC(C)(N)Cc1cc[nH]c1. The number of H-pyrrole nitrogens is 1. The molecule has 0 atom stereocenters. The number of hydrogen-bond acceptors (Lipinski definition) is 1. The minimum absolute atomic E-state index is 0.0950. The Labute approximate surface area is 61.4 Å². The second kappa shape index (κ2) is 2.46. The molecule has 0 amide bonds. The van der Waals surface area contributed by atoms with Gasteiger partial charge in [-0.25, -0.2) is 0 Å². The Morgan fingerprint density at radius 3 is 2.70 bits per heavy atom. The average Bonchev–Trinajstić information content (AvgIpc) is 2.12. The molecule has 56 valence electrons. The van der Waals surface area contributed by atoms with Gasteiger partial charge < -0.3 is 10.7 Å². The molecule has 2 heteroatoms. The van der Waals surface area contributed by atoms with Crippen molar-refractivity contribution in [2.75, 3.05) is 0 Å². The molecule has 10 heavy (non-hydrogen) atoms. The van der Waals surface area contributed by atoms with Gasteiger partial charge >= 0.3 is 0 Å². The van der Waals surface area contributed by atoms with Gasteiger partial charge in [0.1, 0.15) is 0 Å². The molecule has 2 nitrogen and oxygen atoms in total. The Kier molecular flexibility index (Phi) is 1.81. The van der Waals surface area contributed by atoms with Crippen LogP contribution in [0.15, 0.2) is 18.5 Å². The van der Waals surface area contributed by atoms with E-state index in [0.29, 0.717) is 0 Å². The molecule has 0 bridgehead atoms. The van der Waals surface area contributed by atoms with Crippen LogP contribution >= 0.6 is 0 Å². The van der Waals surface area contributed by atoms with E-state index in [4.69, 9.17) is 5.73 Å². The van der Waals surface area contributed by atoms with Crippen molar-refractivity contribution in [3.63, 3.8) is 0 Å². The number of nitrogens with two attached hydrogens (primary N) is 1. The smallest absolute Gasteiger partial charge is 0.0138 e. The number of aromatic nitrogens is 1. The second-order valence-corrected chi connectivity index (χ2v) is 3.38. The van der Waals surface area contributed by atoms with Crippen molar-refractivity contribution in [3.05, 3.63) is 24.0 Å². The summed E-state index contributed by atoms with van der Waals surface area (Å²) in [5, 5.41) is 0. The maximum absolute atomic E-state index is 5.81. The van der Waals surface area contributed by atoms with Gasteiger partial charge in [-0.15, -0.1) is 0 Å². The number of nitrogens with one attached hydrogen (secondary N) is 1. The molecule has 1 heterocycles. The normalized spacial score (nSPS) is 11.9. The standard InChI is InChI=1S/C8H14N2/c1-8(2,9)5-7-3-4-10-6-7/h3-4,6,10H,5,9H2,1-2H3. The van der Waals surface area contributed by atoms with Gasteiger partial charge in [0, 0.05) is 17.9 Å². The number of hydrogen-bond donors (Lipinski definition) is 2. The monoisotopic (exact) mass is 138 g/mol. The lowest BCUT2D eigenvalue weighted by Crippen LogP contribution is -2.34. The maximum Gasteiger partial charge on any atom is 0.0138 e. The average molecular weight is 138 g/mol. The highest BCUT2D eigenvalue weighted by atomic mass is 14.7. The van der Waals surface area contributed by atoms with E-state index in [-0.39, 0.29) is 5.54 Å². The summed E-state index contributed by atoms with van der Waals surface area (Å²) < 4.78 is 0. The first-order chi connectivity index (χ1) is 4.58. The van der Waals surface area contributed by atoms with Crippen LogP contribution in [0.25, 0.3) is 0 Å². The van der Waals surface area contributed by atoms with Crippen molar-refractivity contribution in [1.82, 2.24) is 4.98 Å². The molecule has 0 spiro atoms. The Morgan fingerprint density at radius 2 is 2.30 bits per heavy atom. The van der Waals surface area contributed by atoms with Crippen LogP contribution in [0.4, 0.5) is 0 Å². The van der Waals surface area contributed by atoms with Crippen LogP contribution in [-0.2, 0) is 6.42 Å². The van der Waals surface area contributed by atoms with Gasteiger partial charge in [-0.1, -0.05) is 0 Å². The van der Waals surface area contributed by atoms with E-state index >= 15 is 0 Å². The topological polar surface area (TPSA) is 41.8 Å². The van der Waals surface area contributed by atoms with Crippen LogP contribution in [0.1, 0.15) is 19.4 Å². The van der Waals surface area contributed by atoms with Crippen molar-refractivity contribution in [2.24, 2.45) is 5.73 Å². The first kappa shape index (κ1) is 7.35. The maximum atomic E-state index is 5.81. The molecular formula is C8H14N2. The Bertz CT molecular complexity index is 182. The molecule has 0 radical (unpaired) electrons. The molecule has 0 aliphatic rings. The van der Waals surface area contributed by atoms with Gasteiger partial charge in [0.05, 0.1) is 0 Å². The molecule has 0 saturated heterocycles. The van der Waals surface area contributed by atoms with Crippen LogP contribution < -0.4 is 5.73 Å². The van der Waals surface area contributed by atoms with Gasteiger partial charge in [0.2, 0.25) is 0 Å². The fourth-order valence-corrected chi connectivity index (χ4v) is 0.994. The largest absolute Gasteiger partial charge is 0.367 e. The van der Waals surface area contributed by atoms with Crippen LogP contribution in [0, 0.1) is 0 Å². The quantitative estimate of drug-likeness (QED) is 0.635. The predicted molar refractivity (Wildman–Crippen MR) is 42.8 cm³/mol. The predicted octanol–water partition coefficient (Wildman–Crippen LogP) is 1.29.